The molecule has 1 aliphatic rings. The van der Waals surface area contributed by atoms with Crippen LogP contribution >= 0.6 is 0 Å². The number of aliphatic hydroxyl groups excluding tert-OH is 1. The molecule has 26 heavy (non-hydrogen) atoms. The van der Waals surface area contributed by atoms with Crippen molar-refractivity contribution >= 4 is 11.7 Å². The summed E-state index contributed by atoms with van der Waals surface area (Å²) in [6, 6.07) is 5.73. The lowest BCUT2D eigenvalue weighted by molar-refractivity contribution is -0.117. The zero-order valence-electron chi connectivity index (χ0n) is 15.3. The normalized spacial score (nSPS) is 21.2. The van der Waals surface area contributed by atoms with Crippen molar-refractivity contribution in [2.24, 2.45) is 5.92 Å². The van der Waals surface area contributed by atoms with E-state index in [1.807, 2.05) is 6.92 Å². The summed E-state index contributed by atoms with van der Waals surface area (Å²) in [6.45, 7) is 6.09. The zero-order valence-corrected chi connectivity index (χ0v) is 15.3. The Hall–Kier alpha value is -2.82. The predicted molar refractivity (Wildman–Crippen MR) is 101 cm³/mol. The molecule has 1 aliphatic heterocycles. The van der Waals surface area contributed by atoms with E-state index in [-0.39, 0.29) is 17.1 Å². The molecule has 138 valence electrons. The molecule has 0 spiro atoms. The highest BCUT2D eigenvalue weighted by molar-refractivity contribution is 6.27. The monoisotopic (exact) mass is 355 g/mol. The van der Waals surface area contributed by atoms with Gasteiger partial charge in [0.2, 0.25) is 0 Å². The number of carbonyl (C=O) groups excluding carboxylic acids is 2. The van der Waals surface area contributed by atoms with Crippen molar-refractivity contribution in [2.45, 2.75) is 39.7 Å². The number of nitrogens with one attached hydrogen (secondary N) is 1. The SMILES string of the molecule is CCC(C)/C=C(C)/C=C/C(O)=C1\C(=O)NC(Cc2ccc(O)cc2)C1=O. The maximum atomic E-state index is 12.5. The fraction of sp³-hybridized carbons (Fsp3) is 0.333. The summed E-state index contributed by atoms with van der Waals surface area (Å²) in [5, 5.41) is 22.1. The predicted octanol–water partition coefficient (Wildman–Crippen LogP) is 3.36. The Morgan fingerprint density at radius 2 is 1.88 bits per heavy atom. The zero-order chi connectivity index (χ0) is 19.3. The molecule has 5 nitrogen and oxygen atoms in total. The first-order valence-electron chi connectivity index (χ1n) is 8.74. The quantitative estimate of drug-likeness (QED) is 0.316. The molecule has 2 rings (SSSR count). The second-order valence-corrected chi connectivity index (χ2v) is 6.65. The fourth-order valence-electron chi connectivity index (χ4n) is 2.75. The van der Waals surface area contributed by atoms with Crippen LogP contribution in [0.5, 0.6) is 5.75 Å². The number of aromatic hydroxyl groups is 1. The van der Waals surface area contributed by atoms with Crippen molar-refractivity contribution in [3.63, 3.8) is 0 Å². The van der Waals surface area contributed by atoms with Gasteiger partial charge >= 0.3 is 0 Å². The minimum atomic E-state index is -0.714. The molecular weight excluding hydrogens is 330 g/mol. The molecule has 2 atom stereocenters. The number of hydrogen-bond acceptors (Lipinski definition) is 4. The van der Waals surface area contributed by atoms with Gasteiger partial charge in [-0.3, -0.25) is 9.59 Å². The van der Waals surface area contributed by atoms with Gasteiger partial charge in [0.15, 0.2) is 5.78 Å². The number of Topliss-reactive ketones (excluding diaryl/α,β-unsaturated/α-hetero) is 1. The average Bonchev–Trinajstić information content (AvgIpc) is 2.88. The Morgan fingerprint density at radius 1 is 1.23 bits per heavy atom. The summed E-state index contributed by atoms with van der Waals surface area (Å²) >= 11 is 0. The summed E-state index contributed by atoms with van der Waals surface area (Å²) in [5.74, 6) is -0.754. The molecule has 1 amide bonds. The first kappa shape index (κ1) is 19.5. The summed E-state index contributed by atoms with van der Waals surface area (Å²) in [4.78, 5) is 24.6. The van der Waals surface area contributed by atoms with Crippen LogP contribution in [0.2, 0.25) is 0 Å². The van der Waals surface area contributed by atoms with Gasteiger partial charge < -0.3 is 15.5 Å². The van der Waals surface area contributed by atoms with Crippen molar-refractivity contribution in [1.82, 2.24) is 5.32 Å². The van der Waals surface area contributed by atoms with E-state index in [4.69, 9.17) is 0 Å². The minimum Gasteiger partial charge on any atom is -0.508 e. The molecule has 0 saturated carbocycles. The Balaban J connectivity index is 2.14. The second kappa shape index (κ2) is 8.52. The third kappa shape index (κ3) is 4.85. The van der Waals surface area contributed by atoms with Crippen LogP contribution in [0.25, 0.3) is 0 Å². The Morgan fingerprint density at radius 3 is 2.50 bits per heavy atom. The molecule has 0 aromatic heterocycles. The maximum Gasteiger partial charge on any atom is 0.259 e. The molecule has 1 heterocycles. The molecule has 5 heteroatoms. The molecule has 1 aromatic rings. The van der Waals surface area contributed by atoms with E-state index in [0.717, 1.165) is 17.6 Å². The summed E-state index contributed by atoms with van der Waals surface area (Å²) in [7, 11) is 0. The summed E-state index contributed by atoms with van der Waals surface area (Å²) < 4.78 is 0. The number of allylic oxidation sites excluding steroid dienone is 4. The third-order valence-corrected chi connectivity index (χ3v) is 4.42. The van der Waals surface area contributed by atoms with Gasteiger partial charge in [0.1, 0.15) is 17.1 Å². The van der Waals surface area contributed by atoms with E-state index < -0.39 is 17.7 Å². The number of phenolic OH excluding ortho intramolecular Hbond substituents is 1. The number of rotatable bonds is 6. The molecular formula is C21H25NO4. The minimum absolute atomic E-state index is 0.139. The van der Waals surface area contributed by atoms with Gasteiger partial charge in [-0.05, 0) is 36.6 Å². The highest BCUT2D eigenvalue weighted by atomic mass is 16.3. The molecule has 0 bridgehead atoms. The standard InChI is InChI=1S/C21H25NO4/c1-4-13(2)11-14(3)5-10-18(24)19-20(25)17(22-21(19)26)12-15-6-8-16(23)9-7-15/h5-11,13,17,23-24H,4,12H2,1-3H3,(H,22,26)/b10-5+,14-11+,19-18+. The molecule has 1 saturated heterocycles. The summed E-state index contributed by atoms with van der Waals surface area (Å²) in [6.07, 6.45) is 6.47. The number of phenols is 1. The van der Waals surface area contributed by atoms with Gasteiger partial charge in [-0.25, -0.2) is 0 Å². The van der Waals surface area contributed by atoms with Crippen LogP contribution in [0.4, 0.5) is 0 Å². The Kier molecular flexibility index (Phi) is 6.39. The van der Waals surface area contributed by atoms with E-state index in [0.29, 0.717) is 12.3 Å². The van der Waals surface area contributed by atoms with Gasteiger partial charge in [-0.2, -0.15) is 0 Å². The van der Waals surface area contributed by atoms with Crippen molar-refractivity contribution in [3.8, 4) is 5.75 Å². The van der Waals surface area contributed by atoms with E-state index in [1.165, 1.54) is 18.2 Å². The molecule has 1 aromatic carbocycles. The second-order valence-electron chi connectivity index (χ2n) is 6.65. The molecule has 2 unspecified atom stereocenters. The van der Waals surface area contributed by atoms with Crippen LogP contribution in [0.3, 0.4) is 0 Å². The van der Waals surface area contributed by atoms with E-state index >= 15 is 0 Å². The van der Waals surface area contributed by atoms with Gasteiger partial charge in [0.05, 0.1) is 6.04 Å². The van der Waals surface area contributed by atoms with E-state index in [2.05, 4.69) is 25.2 Å². The van der Waals surface area contributed by atoms with Crippen LogP contribution in [0.15, 0.2) is 59.4 Å². The van der Waals surface area contributed by atoms with Gasteiger partial charge in [0, 0.05) is 6.42 Å². The number of amides is 1. The Labute approximate surface area is 153 Å². The highest BCUT2D eigenvalue weighted by Crippen LogP contribution is 2.19. The number of ketones is 1. The number of benzene rings is 1. The molecule has 3 N–H and O–H groups in total. The van der Waals surface area contributed by atoms with Gasteiger partial charge in [-0.1, -0.05) is 50.1 Å². The first-order chi connectivity index (χ1) is 12.3. The number of hydrogen-bond donors (Lipinski definition) is 3. The van der Waals surface area contributed by atoms with Crippen molar-refractivity contribution in [1.29, 1.82) is 0 Å². The van der Waals surface area contributed by atoms with Gasteiger partial charge in [0.25, 0.3) is 5.91 Å². The smallest absolute Gasteiger partial charge is 0.259 e. The van der Waals surface area contributed by atoms with E-state index in [9.17, 15) is 19.8 Å². The van der Waals surface area contributed by atoms with Crippen molar-refractivity contribution in [2.75, 3.05) is 0 Å². The largest absolute Gasteiger partial charge is 0.508 e. The lowest BCUT2D eigenvalue weighted by atomic mass is 10.0. The fourth-order valence-corrected chi connectivity index (χ4v) is 2.75. The highest BCUT2D eigenvalue weighted by Gasteiger charge is 2.37. The molecule has 0 aliphatic carbocycles. The number of aliphatic hydroxyl groups is 1. The molecule has 0 radical (unpaired) electrons. The molecule has 1 fully saturated rings. The Bertz CT molecular complexity index is 772. The van der Waals surface area contributed by atoms with Crippen LogP contribution in [-0.2, 0) is 16.0 Å². The van der Waals surface area contributed by atoms with Gasteiger partial charge in [-0.15, -0.1) is 0 Å². The third-order valence-electron chi connectivity index (χ3n) is 4.42. The summed E-state index contributed by atoms with van der Waals surface area (Å²) in [5.41, 5.74) is 1.56. The maximum absolute atomic E-state index is 12.5. The van der Waals surface area contributed by atoms with Crippen molar-refractivity contribution in [3.05, 3.63) is 65.0 Å². The van der Waals surface area contributed by atoms with Crippen LogP contribution in [0.1, 0.15) is 32.8 Å². The lowest BCUT2D eigenvalue weighted by Crippen LogP contribution is -2.31. The van der Waals surface area contributed by atoms with Crippen LogP contribution in [0, 0.1) is 5.92 Å². The topological polar surface area (TPSA) is 86.6 Å². The average molecular weight is 355 g/mol. The van der Waals surface area contributed by atoms with E-state index in [1.54, 1.807) is 18.2 Å². The van der Waals surface area contributed by atoms with Crippen LogP contribution in [-0.4, -0.2) is 27.9 Å². The lowest BCUT2D eigenvalue weighted by Gasteiger charge is -2.08. The number of carbonyl (C=O) groups is 2. The first-order valence-corrected chi connectivity index (χ1v) is 8.74. The van der Waals surface area contributed by atoms with Crippen LogP contribution < -0.4 is 5.32 Å². The van der Waals surface area contributed by atoms with Crippen molar-refractivity contribution < 1.29 is 19.8 Å².